The van der Waals surface area contributed by atoms with Crippen molar-refractivity contribution in [1.29, 1.82) is 0 Å². The van der Waals surface area contributed by atoms with Crippen LogP contribution in [0.25, 0.3) is 0 Å². The second kappa shape index (κ2) is 5.97. The van der Waals surface area contributed by atoms with Crippen LogP contribution in [0.15, 0.2) is 29.2 Å². The summed E-state index contributed by atoms with van der Waals surface area (Å²) in [6.45, 7) is 4.35. The Morgan fingerprint density at radius 2 is 2.10 bits per heavy atom. The summed E-state index contributed by atoms with van der Waals surface area (Å²) in [5.74, 6) is 0.678. The van der Waals surface area contributed by atoms with E-state index in [0.717, 1.165) is 38.2 Å². The Morgan fingerprint density at radius 1 is 1.29 bits per heavy atom. The highest BCUT2D eigenvalue weighted by Crippen LogP contribution is 2.34. The van der Waals surface area contributed by atoms with Gasteiger partial charge in [-0.15, -0.1) is 0 Å². The van der Waals surface area contributed by atoms with E-state index in [0.29, 0.717) is 16.9 Å². The molecule has 0 spiro atoms. The largest absolute Gasteiger partial charge is 0.378 e. The van der Waals surface area contributed by atoms with Crippen LogP contribution in [0.1, 0.15) is 26.2 Å². The summed E-state index contributed by atoms with van der Waals surface area (Å²) in [6, 6.07) is 7.40. The SMILES string of the molecule is CCS(=O)(=O)c1ccccc1N1CC[C@@H]2OCCC[C@@H]2C1. The Morgan fingerprint density at radius 3 is 2.90 bits per heavy atom. The second-order valence-electron chi connectivity index (χ2n) is 5.92. The van der Waals surface area contributed by atoms with Crippen molar-refractivity contribution in [2.24, 2.45) is 5.92 Å². The summed E-state index contributed by atoms with van der Waals surface area (Å²) in [4.78, 5) is 2.71. The number of hydrogen-bond donors (Lipinski definition) is 0. The van der Waals surface area contributed by atoms with E-state index >= 15 is 0 Å². The highest BCUT2D eigenvalue weighted by Gasteiger charge is 2.33. The van der Waals surface area contributed by atoms with Crippen molar-refractivity contribution in [2.75, 3.05) is 30.3 Å². The topological polar surface area (TPSA) is 46.6 Å². The standard InChI is InChI=1S/C16H23NO3S/c1-2-21(18,19)16-8-4-3-7-14(16)17-10-9-15-13(12-17)6-5-11-20-15/h3-4,7-8,13,15H,2,5-6,9-12H2,1H3/t13-,15+/m1/s1. The van der Waals surface area contributed by atoms with Crippen LogP contribution >= 0.6 is 0 Å². The predicted octanol–water partition coefficient (Wildman–Crippen LogP) is 2.49. The maximum Gasteiger partial charge on any atom is 0.180 e. The summed E-state index contributed by atoms with van der Waals surface area (Å²) in [5.41, 5.74) is 0.864. The van der Waals surface area contributed by atoms with Gasteiger partial charge in [0.15, 0.2) is 9.84 Å². The van der Waals surface area contributed by atoms with Gasteiger partial charge in [0.1, 0.15) is 0 Å². The number of ether oxygens (including phenoxy) is 1. The Hall–Kier alpha value is -1.07. The van der Waals surface area contributed by atoms with E-state index in [9.17, 15) is 8.42 Å². The van der Waals surface area contributed by atoms with Gasteiger partial charge in [-0.1, -0.05) is 19.1 Å². The van der Waals surface area contributed by atoms with Crippen molar-refractivity contribution >= 4 is 15.5 Å². The van der Waals surface area contributed by atoms with Crippen LogP contribution in [0.5, 0.6) is 0 Å². The van der Waals surface area contributed by atoms with Gasteiger partial charge in [-0.2, -0.15) is 0 Å². The third-order valence-electron chi connectivity index (χ3n) is 4.64. The maximum atomic E-state index is 12.3. The first kappa shape index (κ1) is 14.9. The number of sulfone groups is 1. The van der Waals surface area contributed by atoms with E-state index < -0.39 is 9.84 Å². The minimum Gasteiger partial charge on any atom is -0.378 e. The number of benzene rings is 1. The van der Waals surface area contributed by atoms with Gasteiger partial charge in [-0.05, 0) is 31.4 Å². The second-order valence-corrected chi connectivity index (χ2v) is 8.16. The molecule has 2 fully saturated rings. The Bertz CT molecular complexity index is 599. The molecule has 2 aliphatic heterocycles. The molecule has 0 aromatic heterocycles. The van der Waals surface area contributed by atoms with E-state index in [1.807, 2.05) is 18.2 Å². The molecule has 2 atom stereocenters. The summed E-state index contributed by atoms with van der Waals surface area (Å²) in [5, 5.41) is 0. The predicted molar refractivity (Wildman–Crippen MR) is 83.5 cm³/mol. The molecule has 4 nitrogen and oxygen atoms in total. The van der Waals surface area contributed by atoms with Crippen LogP contribution in [-0.2, 0) is 14.6 Å². The first-order valence-corrected chi connectivity index (χ1v) is 9.45. The van der Waals surface area contributed by atoms with Crippen molar-refractivity contribution in [2.45, 2.75) is 37.2 Å². The van der Waals surface area contributed by atoms with E-state index in [1.165, 1.54) is 6.42 Å². The number of piperidine rings is 1. The van der Waals surface area contributed by atoms with Crippen LogP contribution in [0, 0.1) is 5.92 Å². The van der Waals surface area contributed by atoms with E-state index in [2.05, 4.69) is 4.90 Å². The van der Waals surface area contributed by atoms with Crippen LogP contribution < -0.4 is 4.90 Å². The van der Waals surface area contributed by atoms with Crippen molar-refractivity contribution in [3.05, 3.63) is 24.3 Å². The Balaban J connectivity index is 1.88. The third-order valence-corrected chi connectivity index (χ3v) is 6.41. The van der Waals surface area contributed by atoms with Gasteiger partial charge in [0.05, 0.1) is 22.4 Å². The third kappa shape index (κ3) is 2.94. The van der Waals surface area contributed by atoms with Crippen LogP contribution in [0.4, 0.5) is 5.69 Å². The lowest BCUT2D eigenvalue weighted by Gasteiger charge is -2.42. The number of rotatable bonds is 3. The molecule has 0 amide bonds. The monoisotopic (exact) mass is 309 g/mol. The fourth-order valence-corrected chi connectivity index (χ4v) is 4.56. The number of hydrogen-bond acceptors (Lipinski definition) is 4. The minimum absolute atomic E-state index is 0.146. The Labute approximate surface area is 127 Å². The number of anilines is 1. The molecule has 21 heavy (non-hydrogen) atoms. The molecule has 0 radical (unpaired) electrons. The number of para-hydroxylation sites is 1. The summed E-state index contributed by atoms with van der Waals surface area (Å²) >= 11 is 0. The first-order valence-electron chi connectivity index (χ1n) is 7.80. The molecule has 5 heteroatoms. The zero-order chi connectivity index (χ0) is 14.9. The van der Waals surface area contributed by atoms with Gasteiger partial charge < -0.3 is 9.64 Å². The number of fused-ring (bicyclic) bond motifs is 1. The fourth-order valence-electron chi connectivity index (χ4n) is 3.44. The number of nitrogens with zero attached hydrogens (tertiary/aromatic N) is 1. The van der Waals surface area contributed by atoms with Crippen molar-refractivity contribution in [1.82, 2.24) is 0 Å². The molecule has 0 bridgehead atoms. The molecule has 2 saturated heterocycles. The van der Waals surface area contributed by atoms with E-state index in [1.54, 1.807) is 13.0 Å². The van der Waals surface area contributed by atoms with Gasteiger partial charge in [-0.25, -0.2) is 8.42 Å². The zero-order valence-corrected chi connectivity index (χ0v) is 13.3. The molecule has 3 rings (SSSR count). The summed E-state index contributed by atoms with van der Waals surface area (Å²) < 4.78 is 30.4. The average Bonchev–Trinajstić information content (AvgIpc) is 2.54. The van der Waals surface area contributed by atoms with Crippen LogP contribution in [0.2, 0.25) is 0 Å². The lowest BCUT2D eigenvalue weighted by atomic mass is 9.88. The molecule has 0 saturated carbocycles. The molecule has 0 unspecified atom stereocenters. The van der Waals surface area contributed by atoms with Gasteiger partial charge in [0.2, 0.25) is 0 Å². The zero-order valence-electron chi connectivity index (χ0n) is 12.5. The quantitative estimate of drug-likeness (QED) is 0.860. The van der Waals surface area contributed by atoms with Gasteiger partial charge in [0, 0.05) is 25.6 Å². The normalized spacial score (nSPS) is 26.4. The maximum absolute atomic E-state index is 12.3. The summed E-state index contributed by atoms with van der Waals surface area (Å²) in [6.07, 6.45) is 3.66. The highest BCUT2D eigenvalue weighted by molar-refractivity contribution is 7.91. The van der Waals surface area contributed by atoms with Gasteiger partial charge in [-0.3, -0.25) is 0 Å². The van der Waals surface area contributed by atoms with Crippen molar-refractivity contribution < 1.29 is 13.2 Å². The Kier molecular flexibility index (Phi) is 4.22. The molecule has 116 valence electrons. The van der Waals surface area contributed by atoms with E-state index in [-0.39, 0.29) is 5.75 Å². The van der Waals surface area contributed by atoms with Gasteiger partial charge >= 0.3 is 0 Å². The minimum atomic E-state index is -3.18. The molecule has 1 aromatic rings. The van der Waals surface area contributed by atoms with Crippen LogP contribution in [0.3, 0.4) is 0 Å². The average molecular weight is 309 g/mol. The molecule has 2 heterocycles. The smallest absolute Gasteiger partial charge is 0.180 e. The molecule has 1 aromatic carbocycles. The van der Waals surface area contributed by atoms with E-state index in [4.69, 9.17) is 4.74 Å². The van der Waals surface area contributed by atoms with Crippen molar-refractivity contribution in [3.8, 4) is 0 Å². The molecule has 0 N–H and O–H groups in total. The lowest BCUT2D eigenvalue weighted by Crippen LogP contribution is -2.46. The highest BCUT2D eigenvalue weighted by atomic mass is 32.2. The molecular formula is C16H23NO3S. The van der Waals surface area contributed by atoms with Gasteiger partial charge in [0.25, 0.3) is 0 Å². The molecule has 0 aliphatic carbocycles. The summed E-state index contributed by atoms with van der Waals surface area (Å²) in [7, 11) is -3.18. The van der Waals surface area contributed by atoms with Crippen molar-refractivity contribution in [3.63, 3.8) is 0 Å². The first-order chi connectivity index (χ1) is 10.1. The fraction of sp³-hybridized carbons (Fsp3) is 0.625. The lowest BCUT2D eigenvalue weighted by molar-refractivity contribution is -0.0357. The molecular weight excluding hydrogens is 286 g/mol. The van der Waals surface area contributed by atoms with Crippen LogP contribution in [-0.4, -0.2) is 40.0 Å². The molecule has 2 aliphatic rings.